The predicted molar refractivity (Wildman–Crippen MR) is 128 cm³/mol. The average molecular weight is 463 g/mol. The van der Waals surface area contributed by atoms with Gasteiger partial charge in [0, 0.05) is 33.2 Å². The summed E-state index contributed by atoms with van der Waals surface area (Å²) in [7, 11) is 1.92. The van der Waals surface area contributed by atoms with Crippen LogP contribution in [0.4, 0.5) is 0 Å². The lowest BCUT2D eigenvalue weighted by molar-refractivity contribution is -0.140. The summed E-state index contributed by atoms with van der Waals surface area (Å²) in [4.78, 5) is 16.8. The minimum atomic E-state index is 0.124. The van der Waals surface area contributed by atoms with Crippen LogP contribution in [-0.2, 0) is 17.9 Å². The van der Waals surface area contributed by atoms with E-state index in [1.165, 1.54) is 5.56 Å². The number of hydrogen-bond acceptors (Lipinski definition) is 3. The molecule has 0 aromatic heterocycles. The maximum absolute atomic E-state index is 12.6. The van der Waals surface area contributed by atoms with E-state index >= 15 is 0 Å². The molecule has 31 heavy (non-hydrogen) atoms. The smallest absolute Gasteiger partial charge is 0.228 e. The van der Waals surface area contributed by atoms with Crippen LogP contribution in [0.3, 0.4) is 0 Å². The summed E-state index contributed by atoms with van der Waals surface area (Å²) in [6.07, 6.45) is 1.02. The molecule has 1 heterocycles. The Balaban J connectivity index is 1.41. The first kappa shape index (κ1) is 23.9. The molecule has 1 aliphatic rings. The molecule has 2 aromatic carbocycles. The van der Waals surface area contributed by atoms with Gasteiger partial charge in [-0.05, 0) is 47.2 Å². The third-order valence-corrected chi connectivity index (χ3v) is 6.34. The van der Waals surface area contributed by atoms with E-state index in [0.29, 0.717) is 16.7 Å². The van der Waals surface area contributed by atoms with Gasteiger partial charge in [0.1, 0.15) is 12.4 Å². The zero-order valence-electron chi connectivity index (χ0n) is 18.8. The summed E-state index contributed by atoms with van der Waals surface area (Å²) >= 11 is 12.0. The lowest BCUT2D eigenvalue weighted by atomic mass is 9.91. The zero-order valence-corrected chi connectivity index (χ0v) is 20.3. The fourth-order valence-corrected chi connectivity index (χ4v) is 3.85. The molecule has 0 unspecified atom stereocenters. The summed E-state index contributed by atoms with van der Waals surface area (Å²) in [6, 6.07) is 13.6. The van der Waals surface area contributed by atoms with E-state index in [0.717, 1.165) is 43.9 Å². The van der Waals surface area contributed by atoms with Crippen LogP contribution in [0.1, 0.15) is 38.3 Å². The highest BCUT2D eigenvalue weighted by Gasteiger charge is 2.34. The first-order chi connectivity index (χ1) is 14.6. The van der Waals surface area contributed by atoms with Gasteiger partial charge in [0.15, 0.2) is 0 Å². The minimum absolute atomic E-state index is 0.124. The lowest BCUT2D eigenvalue weighted by Crippen LogP contribution is -2.53. The van der Waals surface area contributed by atoms with E-state index in [2.05, 4.69) is 37.8 Å². The normalized spacial score (nSPS) is 14.9. The molecule has 2 aromatic rings. The molecular weight excluding hydrogens is 431 g/mol. The van der Waals surface area contributed by atoms with E-state index in [-0.39, 0.29) is 17.2 Å². The van der Waals surface area contributed by atoms with E-state index in [1.807, 2.05) is 36.2 Å². The van der Waals surface area contributed by atoms with Gasteiger partial charge in [-0.15, -0.1) is 0 Å². The van der Waals surface area contributed by atoms with Crippen LogP contribution >= 0.6 is 23.2 Å². The minimum Gasteiger partial charge on any atom is -0.489 e. The van der Waals surface area contributed by atoms with Crippen LogP contribution in [0.15, 0.2) is 42.5 Å². The van der Waals surface area contributed by atoms with Gasteiger partial charge >= 0.3 is 0 Å². The first-order valence-corrected chi connectivity index (χ1v) is 11.5. The van der Waals surface area contributed by atoms with Crippen LogP contribution in [0.25, 0.3) is 0 Å². The maximum atomic E-state index is 12.6. The molecule has 1 fully saturated rings. The Morgan fingerprint density at radius 1 is 1.06 bits per heavy atom. The van der Waals surface area contributed by atoms with Gasteiger partial charge in [-0.3, -0.25) is 9.69 Å². The third-order valence-electron chi connectivity index (χ3n) is 5.60. The Morgan fingerprint density at radius 2 is 1.71 bits per heavy atom. The SMILES string of the molecule is CN(CCC(C)(C)C)C(=O)C1CN(Cc2ccc(OCc3ccc(Cl)c(Cl)c3)cc2)C1. The summed E-state index contributed by atoms with van der Waals surface area (Å²) < 4.78 is 5.84. The van der Waals surface area contributed by atoms with Crippen molar-refractivity contribution in [3.63, 3.8) is 0 Å². The first-order valence-electron chi connectivity index (χ1n) is 10.7. The van der Waals surface area contributed by atoms with E-state index in [1.54, 1.807) is 6.07 Å². The summed E-state index contributed by atoms with van der Waals surface area (Å²) in [5.41, 5.74) is 2.44. The number of ether oxygens (including phenoxy) is 1. The number of likely N-dealkylation sites (tertiary alicyclic amines) is 1. The molecule has 0 bridgehead atoms. The molecule has 0 aliphatic carbocycles. The van der Waals surface area contributed by atoms with Gasteiger partial charge in [-0.1, -0.05) is 62.2 Å². The Labute approximate surface area is 196 Å². The number of nitrogens with zero attached hydrogens (tertiary/aromatic N) is 2. The van der Waals surface area contributed by atoms with Gasteiger partial charge in [0.25, 0.3) is 0 Å². The number of rotatable bonds is 8. The number of carbonyl (C=O) groups excluding carboxylic acids is 1. The van der Waals surface area contributed by atoms with Crippen LogP contribution in [0.5, 0.6) is 5.75 Å². The van der Waals surface area contributed by atoms with Crippen LogP contribution in [0, 0.1) is 11.3 Å². The van der Waals surface area contributed by atoms with Crippen molar-refractivity contribution < 1.29 is 9.53 Å². The second-order valence-corrected chi connectivity index (χ2v) is 10.5. The standard InChI is InChI=1S/C25H32Cl2N2O2/c1-25(2,3)11-12-28(4)24(30)20-15-29(16-20)14-18-5-8-21(9-6-18)31-17-19-7-10-22(26)23(27)13-19/h5-10,13,20H,11-12,14-17H2,1-4H3. The van der Waals surface area contributed by atoms with Gasteiger partial charge in [-0.25, -0.2) is 0 Å². The fraction of sp³-hybridized carbons (Fsp3) is 0.480. The second-order valence-electron chi connectivity index (χ2n) is 9.64. The van der Waals surface area contributed by atoms with Crippen molar-refractivity contribution in [3.8, 4) is 5.75 Å². The molecule has 3 rings (SSSR count). The topological polar surface area (TPSA) is 32.8 Å². The van der Waals surface area contributed by atoms with Crippen LogP contribution < -0.4 is 4.74 Å². The predicted octanol–water partition coefficient (Wildman–Crippen LogP) is 5.90. The van der Waals surface area contributed by atoms with Crippen molar-refractivity contribution >= 4 is 29.1 Å². The van der Waals surface area contributed by atoms with Gasteiger partial charge < -0.3 is 9.64 Å². The molecule has 0 saturated carbocycles. The van der Waals surface area contributed by atoms with Crippen molar-refractivity contribution in [2.24, 2.45) is 11.3 Å². The highest BCUT2D eigenvalue weighted by atomic mass is 35.5. The Morgan fingerprint density at radius 3 is 2.32 bits per heavy atom. The van der Waals surface area contributed by atoms with E-state index in [9.17, 15) is 4.79 Å². The monoisotopic (exact) mass is 462 g/mol. The van der Waals surface area contributed by atoms with Gasteiger partial charge in [-0.2, -0.15) is 0 Å². The molecule has 1 amide bonds. The molecule has 1 saturated heterocycles. The second kappa shape index (κ2) is 10.2. The van der Waals surface area contributed by atoms with Crippen molar-refractivity contribution in [2.75, 3.05) is 26.7 Å². The highest BCUT2D eigenvalue weighted by Crippen LogP contribution is 2.25. The third kappa shape index (κ3) is 7.13. The molecule has 0 spiro atoms. The number of amides is 1. The zero-order chi connectivity index (χ0) is 22.6. The molecule has 0 atom stereocenters. The maximum Gasteiger partial charge on any atom is 0.228 e. The molecule has 1 aliphatic heterocycles. The molecule has 168 valence electrons. The van der Waals surface area contributed by atoms with Crippen molar-refractivity contribution in [1.82, 2.24) is 9.80 Å². The summed E-state index contributed by atoms with van der Waals surface area (Å²) in [5.74, 6) is 1.21. The van der Waals surface area contributed by atoms with Gasteiger partial charge in [0.2, 0.25) is 5.91 Å². The Hall–Kier alpha value is -1.75. The van der Waals surface area contributed by atoms with Crippen LogP contribution in [0.2, 0.25) is 10.0 Å². The highest BCUT2D eigenvalue weighted by molar-refractivity contribution is 6.42. The molecule has 6 heteroatoms. The molecular formula is C25H32Cl2N2O2. The Kier molecular flexibility index (Phi) is 7.90. The van der Waals surface area contributed by atoms with Crippen molar-refractivity contribution in [2.45, 2.75) is 40.3 Å². The Bertz CT molecular complexity index is 887. The summed E-state index contributed by atoms with van der Waals surface area (Å²) in [5, 5.41) is 1.08. The number of carbonyl (C=O) groups is 1. The average Bonchev–Trinajstić information content (AvgIpc) is 2.69. The molecule has 0 N–H and O–H groups in total. The molecule has 0 radical (unpaired) electrons. The van der Waals surface area contributed by atoms with Crippen LogP contribution in [-0.4, -0.2) is 42.4 Å². The fourth-order valence-electron chi connectivity index (χ4n) is 3.53. The number of benzene rings is 2. The lowest BCUT2D eigenvalue weighted by Gasteiger charge is -2.40. The number of halogens is 2. The van der Waals surface area contributed by atoms with Gasteiger partial charge in [0.05, 0.1) is 16.0 Å². The quantitative estimate of drug-likeness (QED) is 0.489. The number of hydrogen-bond donors (Lipinski definition) is 0. The van der Waals surface area contributed by atoms with E-state index in [4.69, 9.17) is 27.9 Å². The van der Waals surface area contributed by atoms with Crippen molar-refractivity contribution in [1.29, 1.82) is 0 Å². The largest absolute Gasteiger partial charge is 0.489 e. The van der Waals surface area contributed by atoms with E-state index < -0.39 is 0 Å². The van der Waals surface area contributed by atoms with Crippen molar-refractivity contribution in [3.05, 3.63) is 63.6 Å². The summed E-state index contributed by atoms with van der Waals surface area (Å²) in [6.45, 7) is 10.4. The molecule has 4 nitrogen and oxygen atoms in total.